The zero-order chi connectivity index (χ0) is 19.6. The molecule has 0 radical (unpaired) electrons. The first-order valence-electron chi connectivity index (χ1n) is 9.83. The summed E-state index contributed by atoms with van der Waals surface area (Å²) < 4.78 is 14.0. The minimum Gasteiger partial charge on any atom is -0.491 e. The maximum atomic E-state index is 12.6. The fourth-order valence-electron chi connectivity index (χ4n) is 4.19. The lowest BCUT2D eigenvalue weighted by Gasteiger charge is -2.33. The van der Waals surface area contributed by atoms with Crippen LogP contribution in [-0.4, -0.2) is 52.0 Å². The van der Waals surface area contributed by atoms with Gasteiger partial charge < -0.3 is 14.4 Å². The Kier molecular flexibility index (Phi) is 5.22. The number of hydrogen-bond acceptors (Lipinski definition) is 4. The van der Waals surface area contributed by atoms with Crippen molar-refractivity contribution >= 4 is 12.0 Å². The van der Waals surface area contributed by atoms with Crippen LogP contribution in [-0.2, 0) is 16.6 Å². The summed E-state index contributed by atoms with van der Waals surface area (Å²) in [6, 6.07) is 11.7. The highest BCUT2D eigenvalue weighted by atomic mass is 16.6. The van der Waals surface area contributed by atoms with Crippen LogP contribution in [0.4, 0.5) is 0 Å². The number of benzene rings is 1. The molecule has 0 bridgehead atoms. The molecule has 2 aromatic rings. The number of ether oxygens (including phenoxy) is 2. The first-order chi connectivity index (χ1) is 13.5. The number of fused-ring (bicyclic) bond motifs is 1. The van der Waals surface area contributed by atoms with Crippen LogP contribution in [0, 0.1) is 5.92 Å². The van der Waals surface area contributed by atoms with Gasteiger partial charge in [0.15, 0.2) is 0 Å². The van der Waals surface area contributed by atoms with E-state index in [4.69, 9.17) is 9.47 Å². The first kappa shape index (κ1) is 18.7. The van der Waals surface area contributed by atoms with Crippen LogP contribution in [0.15, 0.2) is 48.7 Å². The summed E-state index contributed by atoms with van der Waals surface area (Å²) in [6.07, 6.45) is 7.17. The Bertz CT molecular complexity index is 848. The van der Waals surface area contributed by atoms with Crippen molar-refractivity contribution in [3.63, 3.8) is 0 Å². The lowest BCUT2D eigenvalue weighted by atomic mass is 9.89. The van der Waals surface area contributed by atoms with Gasteiger partial charge in [0.1, 0.15) is 18.0 Å². The predicted molar refractivity (Wildman–Crippen MR) is 107 cm³/mol. The van der Waals surface area contributed by atoms with E-state index in [2.05, 4.69) is 12.0 Å². The molecule has 148 valence electrons. The van der Waals surface area contributed by atoms with E-state index in [1.807, 2.05) is 54.4 Å². The number of carbonyl (C=O) groups excluding carboxylic acids is 1. The summed E-state index contributed by atoms with van der Waals surface area (Å²) in [4.78, 5) is 14.5. The standard InChI is InChI=1S/C22H27N3O3/c1-22(16-27-19-6-4-3-5-7-19)14-17-15-25(13-11-20(17)28-22)21(26)9-8-18-10-12-23-24(18)2/h3-10,12,17,20H,11,13-16H2,1-2H3/b9-8+/t17-,20+,22-/m1/s1. The normalized spacial score (nSPS) is 27.1. The molecule has 1 aromatic carbocycles. The average molecular weight is 381 g/mol. The van der Waals surface area contributed by atoms with Gasteiger partial charge in [0.2, 0.25) is 5.91 Å². The molecule has 0 spiro atoms. The minimum absolute atomic E-state index is 0.0498. The number of amides is 1. The summed E-state index contributed by atoms with van der Waals surface area (Å²) in [5.74, 6) is 1.26. The number of rotatable bonds is 5. The maximum Gasteiger partial charge on any atom is 0.246 e. The van der Waals surface area contributed by atoms with Crippen LogP contribution in [0.2, 0.25) is 0 Å². The second kappa shape index (κ2) is 7.80. The van der Waals surface area contributed by atoms with Gasteiger partial charge >= 0.3 is 0 Å². The van der Waals surface area contributed by atoms with E-state index in [0.29, 0.717) is 12.5 Å². The van der Waals surface area contributed by atoms with Crippen molar-refractivity contribution in [2.45, 2.75) is 31.5 Å². The van der Waals surface area contributed by atoms with E-state index < -0.39 is 0 Å². The molecular weight excluding hydrogens is 354 g/mol. The minimum atomic E-state index is -0.311. The Morgan fingerprint density at radius 3 is 2.93 bits per heavy atom. The van der Waals surface area contributed by atoms with Gasteiger partial charge in [0.25, 0.3) is 0 Å². The van der Waals surface area contributed by atoms with Crippen LogP contribution < -0.4 is 4.74 Å². The van der Waals surface area contributed by atoms with Crippen molar-refractivity contribution in [3.05, 3.63) is 54.4 Å². The van der Waals surface area contributed by atoms with E-state index in [1.54, 1.807) is 17.0 Å². The van der Waals surface area contributed by atoms with Gasteiger partial charge in [-0.3, -0.25) is 9.48 Å². The zero-order valence-corrected chi connectivity index (χ0v) is 16.5. The second-order valence-electron chi connectivity index (χ2n) is 7.96. The third kappa shape index (κ3) is 4.12. The third-order valence-corrected chi connectivity index (χ3v) is 5.65. The first-order valence-corrected chi connectivity index (χ1v) is 9.83. The quantitative estimate of drug-likeness (QED) is 0.748. The Labute approximate surface area is 165 Å². The van der Waals surface area contributed by atoms with Crippen LogP contribution in [0.3, 0.4) is 0 Å². The Balaban J connectivity index is 1.33. The smallest absolute Gasteiger partial charge is 0.246 e. The molecule has 3 heterocycles. The van der Waals surface area contributed by atoms with E-state index in [-0.39, 0.29) is 17.6 Å². The van der Waals surface area contributed by atoms with E-state index >= 15 is 0 Å². The molecule has 2 aliphatic heterocycles. The largest absolute Gasteiger partial charge is 0.491 e. The zero-order valence-electron chi connectivity index (χ0n) is 16.5. The SMILES string of the molecule is Cn1nccc1/C=C/C(=O)N1CC[C@@H]2O[C@@](C)(COc3ccccc3)C[C@@H]2C1. The number of carbonyl (C=O) groups is 1. The number of likely N-dealkylation sites (tertiary alicyclic amines) is 1. The molecule has 1 aromatic heterocycles. The molecule has 2 fully saturated rings. The summed E-state index contributed by atoms with van der Waals surface area (Å²) in [7, 11) is 1.86. The molecule has 28 heavy (non-hydrogen) atoms. The van der Waals surface area contributed by atoms with Gasteiger partial charge in [-0.25, -0.2) is 0 Å². The third-order valence-electron chi connectivity index (χ3n) is 5.65. The van der Waals surface area contributed by atoms with Crippen molar-refractivity contribution in [1.82, 2.24) is 14.7 Å². The fourth-order valence-corrected chi connectivity index (χ4v) is 4.19. The van der Waals surface area contributed by atoms with Gasteiger partial charge in [-0.15, -0.1) is 0 Å². The lowest BCUT2D eigenvalue weighted by molar-refractivity contribution is -0.129. The van der Waals surface area contributed by atoms with Crippen molar-refractivity contribution in [2.24, 2.45) is 13.0 Å². The predicted octanol–water partition coefficient (Wildman–Crippen LogP) is 2.91. The number of para-hydroxylation sites is 1. The van der Waals surface area contributed by atoms with Crippen molar-refractivity contribution < 1.29 is 14.3 Å². The highest BCUT2D eigenvalue weighted by molar-refractivity contribution is 5.91. The summed E-state index contributed by atoms with van der Waals surface area (Å²) >= 11 is 0. The van der Waals surface area contributed by atoms with E-state index in [0.717, 1.165) is 37.4 Å². The molecule has 4 rings (SSSR count). The molecule has 0 aliphatic carbocycles. The van der Waals surface area contributed by atoms with Crippen molar-refractivity contribution in [2.75, 3.05) is 19.7 Å². The van der Waals surface area contributed by atoms with Crippen LogP contribution in [0.1, 0.15) is 25.5 Å². The monoisotopic (exact) mass is 381 g/mol. The number of nitrogens with zero attached hydrogens (tertiary/aromatic N) is 3. The van der Waals surface area contributed by atoms with Gasteiger partial charge in [0, 0.05) is 38.3 Å². The maximum absolute atomic E-state index is 12.6. The summed E-state index contributed by atoms with van der Waals surface area (Å²) in [5, 5.41) is 4.12. The van der Waals surface area contributed by atoms with Crippen LogP contribution in [0.25, 0.3) is 6.08 Å². The molecule has 1 amide bonds. The number of piperidine rings is 1. The van der Waals surface area contributed by atoms with Gasteiger partial charge in [0.05, 0.1) is 11.8 Å². The summed E-state index contributed by atoms with van der Waals surface area (Å²) in [6.45, 7) is 4.10. The van der Waals surface area contributed by atoms with Crippen LogP contribution >= 0.6 is 0 Å². The molecule has 0 unspecified atom stereocenters. The number of aromatic nitrogens is 2. The topological polar surface area (TPSA) is 56.6 Å². The van der Waals surface area contributed by atoms with E-state index in [9.17, 15) is 4.79 Å². The Morgan fingerprint density at radius 1 is 1.36 bits per heavy atom. The molecular formula is C22H27N3O3. The molecule has 2 aliphatic rings. The van der Waals surface area contributed by atoms with Crippen LogP contribution in [0.5, 0.6) is 5.75 Å². The highest BCUT2D eigenvalue weighted by Gasteiger charge is 2.46. The molecule has 0 saturated carbocycles. The highest BCUT2D eigenvalue weighted by Crippen LogP contribution is 2.39. The molecule has 6 nitrogen and oxygen atoms in total. The molecule has 6 heteroatoms. The van der Waals surface area contributed by atoms with Crippen molar-refractivity contribution in [1.29, 1.82) is 0 Å². The lowest BCUT2D eigenvalue weighted by Crippen LogP contribution is -2.43. The Hall–Kier alpha value is -2.60. The average Bonchev–Trinajstić information content (AvgIpc) is 3.27. The van der Waals surface area contributed by atoms with Gasteiger partial charge in [-0.2, -0.15) is 5.10 Å². The van der Waals surface area contributed by atoms with Gasteiger partial charge in [-0.1, -0.05) is 18.2 Å². The summed E-state index contributed by atoms with van der Waals surface area (Å²) in [5.41, 5.74) is 0.604. The van der Waals surface area contributed by atoms with E-state index in [1.165, 1.54) is 0 Å². The number of hydrogen-bond donors (Lipinski definition) is 0. The number of aryl methyl sites for hydroxylation is 1. The van der Waals surface area contributed by atoms with Gasteiger partial charge in [-0.05, 0) is 44.0 Å². The van der Waals surface area contributed by atoms with Crippen molar-refractivity contribution in [3.8, 4) is 5.75 Å². The second-order valence-corrected chi connectivity index (χ2v) is 7.96. The Morgan fingerprint density at radius 2 is 2.18 bits per heavy atom. The fraction of sp³-hybridized carbons (Fsp3) is 0.455. The molecule has 2 saturated heterocycles. The molecule has 0 N–H and O–H groups in total. The molecule has 3 atom stereocenters.